The van der Waals surface area contributed by atoms with Gasteiger partial charge in [0.15, 0.2) is 0 Å². The van der Waals surface area contributed by atoms with Crippen molar-refractivity contribution in [3.05, 3.63) is 66.0 Å². The predicted octanol–water partition coefficient (Wildman–Crippen LogP) is 3.52. The number of nitrogens with one attached hydrogen (secondary N) is 1. The van der Waals surface area contributed by atoms with Crippen LogP contribution in [0.1, 0.15) is 5.56 Å². The summed E-state index contributed by atoms with van der Waals surface area (Å²) in [6, 6.07) is 9.23. The van der Waals surface area contributed by atoms with Gasteiger partial charge in [-0.3, -0.25) is 9.97 Å². The lowest BCUT2D eigenvalue weighted by molar-refractivity contribution is 0.560. The molecule has 0 unspecified atom stereocenters. The smallest absolute Gasteiger partial charge is 0.131 e. The van der Waals surface area contributed by atoms with Gasteiger partial charge in [0.1, 0.15) is 11.6 Å². The molecule has 1 heterocycles. The van der Waals surface area contributed by atoms with Gasteiger partial charge in [0.05, 0.1) is 11.0 Å². The minimum Gasteiger partial charge on any atom is -0.381 e. The molecule has 100 valence electrons. The number of benzene rings is 2. The summed E-state index contributed by atoms with van der Waals surface area (Å²) in [5.41, 5.74) is 2.26. The highest BCUT2D eigenvalue weighted by molar-refractivity contribution is 5.78. The van der Waals surface area contributed by atoms with E-state index in [4.69, 9.17) is 0 Å². The van der Waals surface area contributed by atoms with Gasteiger partial charge in [0.25, 0.3) is 0 Å². The number of hydrogen-bond acceptors (Lipinski definition) is 3. The van der Waals surface area contributed by atoms with E-state index in [1.807, 2.05) is 6.07 Å². The molecule has 0 bridgehead atoms. The molecule has 3 nitrogen and oxygen atoms in total. The molecule has 0 amide bonds. The van der Waals surface area contributed by atoms with Crippen LogP contribution in [0.4, 0.5) is 14.5 Å². The van der Waals surface area contributed by atoms with Gasteiger partial charge in [-0.15, -0.1) is 0 Å². The Hall–Kier alpha value is -2.56. The summed E-state index contributed by atoms with van der Waals surface area (Å²) in [4.78, 5) is 8.34. The molecule has 0 atom stereocenters. The Kier molecular flexibility index (Phi) is 3.25. The van der Waals surface area contributed by atoms with E-state index in [2.05, 4.69) is 15.3 Å². The van der Waals surface area contributed by atoms with Gasteiger partial charge in [0.2, 0.25) is 0 Å². The van der Waals surface area contributed by atoms with E-state index in [1.165, 1.54) is 18.2 Å². The molecule has 5 heteroatoms. The highest BCUT2D eigenvalue weighted by atomic mass is 19.1. The van der Waals surface area contributed by atoms with Crippen molar-refractivity contribution < 1.29 is 8.78 Å². The summed E-state index contributed by atoms with van der Waals surface area (Å²) in [6.07, 6.45) is 3.22. The number of fused-ring (bicyclic) bond motifs is 1. The fourth-order valence-corrected chi connectivity index (χ4v) is 1.96. The maximum Gasteiger partial charge on any atom is 0.131 e. The summed E-state index contributed by atoms with van der Waals surface area (Å²) < 4.78 is 27.0. The molecule has 0 aliphatic heterocycles. The third-order valence-electron chi connectivity index (χ3n) is 3.00. The van der Waals surface area contributed by atoms with E-state index in [-0.39, 0.29) is 12.1 Å². The first-order valence-corrected chi connectivity index (χ1v) is 6.11. The molecule has 3 aromatic rings. The molecule has 0 radical (unpaired) electrons. The third-order valence-corrected chi connectivity index (χ3v) is 3.00. The normalized spacial score (nSPS) is 10.7. The van der Waals surface area contributed by atoms with Crippen molar-refractivity contribution in [3.63, 3.8) is 0 Å². The monoisotopic (exact) mass is 271 g/mol. The second kappa shape index (κ2) is 5.21. The van der Waals surface area contributed by atoms with Crippen molar-refractivity contribution in [2.45, 2.75) is 6.54 Å². The third kappa shape index (κ3) is 2.42. The molecule has 0 spiro atoms. The second-order valence-corrected chi connectivity index (χ2v) is 4.31. The van der Waals surface area contributed by atoms with Crippen LogP contribution in [-0.4, -0.2) is 9.97 Å². The topological polar surface area (TPSA) is 37.8 Å². The maximum absolute atomic E-state index is 13.5. The Labute approximate surface area is 114 Å². The molecular formula is C15H11F2N3. The zero-order valence-corrected chi connectivity index (χ0v) is 10.5. The van der Waals surface area contributed by atoms with Crippen LogP contribution in [0.3, 0.4) is 0 Å². The number of hydrogen-bond donors (Lipinski definition) is 1. The van der Waals surface area contributed by atoms with Gasteiger partial charge in [-0.25, -0.2) is 8.78 Å². The Balaban J connectivity index is 1.83. The van der Waals surface area contributed by atoms with Crippen LogP contribution in [0.25, 0.3) is 11.0 Å². The number of anilines is 1. The lowest BCUT2D eigenvalue weighted by Gasteiger charge is -2.08. The molecule has 0 saturated carbocycles. The average Bonchev–Trinajstić information content (AvgIpc) is 2.46. The number of nitrogens with zero attached hydrogens (tertiary/aromatic N) is 2. The first kappa shape index (κ1) is 12.5. The van der Waals surface area contributed by atoms with Gasteiger partial charge >= 0.3 is 0 Å². The molecule has 3 rings (SSSR count). The molecule has 0 aliphatic carbocycles. The largest absolute Gasteiger partial charge is 0.381 e. The minimum absolute atomic E-state index is 0.0201. The van der Waals surface area contributed by atoms with Crippen LogP contribution in [0.15, 0.2) is 48.8 Å². The molecule has 2 aromatic carbocycles. The van der Waals surface area contributed by atoms with Crippen LogP contribution < -0.4 is 5.32 Å². The first-order valence-electron chi connectivity index (χ1n) is 6.11. The van der Waals surface area contributed by atoms with Crippen molar-refractivity contribution in [2.75, 3.05) is 5.32 Å². The Bertz CT molecular complexity index is 739. The van der Waals surface area contributed by atoms with Gasteiger partial charge in [-0.1, -0.05) is 6.07 Å². The Morgan fingerprint density at radius 2 is 1.60 bits per heavy atom. The number of aromatic nitrogens is 2. The fraction of sp³-hybridized carbons (Fsp3) is 0.0667. The first-order chi connectivity index (χ1) is 9.74. The molecule has 1 N–H and O–H groups in total. The van der Waals surface area contributed by atoms with Gasteiger partial charge in [0, 0.05) is 30.2 Å². The number of rotatable bonds is 3. The highest BCUT2D eigenvalue weighted by Crippen LogP contribution is 2.18. The predicted molar refractivity (Wildman–Crippen MR) is 73.2 cm³/mol. The summed E-state index contributed by atoms with van der Waals surface area (Å²) >= 11 is 0. The van der Waals surface area contributed by atoms with Crippen LogP contribution in [0, 0.1) is 11.6 Å². The van der Waals surface area contributed by atoms with E-state index in [1.54, 1.807) is 24.5 Å². The molecule has 20 heavy (non-hydrogen) atoms. The number of halogens is 2. The fourth-order valence-electron chi connectivity index (χ4n) is 1.96. The van der Waals surface area contributed by atoms with Gasteiger partial charge in [-0.05, 0) is 30.3 Å². The molecule has 0 fully saturated rings. The van der Waals surface area contributed by atoms with E-state index in [0.29, 0.717) is 0 Å². The summed E-state index contributed by atoms with van der Waals surface area (Å²) in [6.45, 7) is 0.0737. The zero-order chi connectivity index (χ0) is 13.9. The second-order valence-electron chi connectivity index (χ2n) is 4.31. The van der Waals surface area contributed by atoms with E-state index in [0.717, 1.165) is 16.7 Å². The van der Waals surface area contributed by atoms with E-state index in [9.17, 15) is 8.78 Å². The molecular weight excluding hydrogens is 260 g/mol. The standard InChI is InChI=1S/C15H11F2N3/c16-12-2-1-3-13(17)11(12)9-20-10-4-5-14-15(8-10)19-7-6-18-14/h1-8,20H,9H2. The molecule has 0 saturated heterocycles. The molecule has 0 aliphatic rings. The van der Waals surface area contributed by atoms with Crippen LogP contribution in [-0.2, 0) is 6.54 Å². The maximum atomic E-state index is 13.5. The lowest BCUT2D eigenvalue weighted by atomic mass is 10.2. The Morgan fingerprint density at radius 3 is 2.35 bits per heavy atom. The average molecular weight is 271 g/mol. The van der Waals surface area contributed by atoms with Crippen LogP contribution in [0.5, 0.6) is 0 Å². The molecule has 1 aromatic heterocycles. The van der Waals surface area contributed by atoms with Crippen molar-refractivity contribution in [1.29, 1.82) is 0 Å². The Morgan fingerprint density at radius 1 is 0.900 bits per heavy atom. The lowest BCUT2D eigenvalue weighted by Crippen LogP contribution is -2.04. The van der Waals surface area contributed by atoms with E-state index >= 15 is 0 Å². The summed E-state index contributed by atoms with van der Waals surface area (Å²) in [7, 11) is 0. The van der Waals surface area contributed by atoms with E-state index < -0.39 is 11.6 Å². The SMILES string of the molecule is Fc1cccc(F)c1CNc1ccc2nccnc2c1. The van der Waals surface area contributed by atoms with Crippen molar-refractivity contribution in [3.8, 4) is 0 Å². The van der Waals surface area contributed by atoms with Gasteiger partial charge in [-0.2, -0.15) is 0 Å². The van der Waals surface area contributed by atoms with Gasteiger partial charge < -0.3 is 5.32 Å². The quantitative estimate of drug-likeness (QED) is 0.792. The summed E-state index contributed by atoms with van der Waals surface area (Å²) in [5, 5.41) is 2.99. The van der Waals surface area contributed by atoms with Crippen LogP contribution in [0.2, 0.25) is 0 Å². The summed E-state index contributed by atoms with van der Waals surface area (Å²) in [5.74, 6) is -1.11. The van der Waals surface area contributed by atoms with Crippen molar-refractivity contribution >= 4 is 16.7 Å². The minimum atomic E-state index is -0.557. The highest BCUT2D eigenvalue weighted by Gasteiger charge is 2.08. The van der Waals surface area contributed by atoms with Crippen LogP contribution >= 0.6 is 0 Å². The van der Waals surface area contributed by atoms with Crippen molar-refractivity contribution in [2.24, 2.45) is 0 Å². The zero-order valence-electron chi connectivity index (χ0n) is 10.5. The van der Waals surface area contributed by atoms with Crippen molar-refractivity contribution in [1.82, 2.24) is 9.97 Å².